The molecule has 0 amide bonds. The smallest absolute Gasteiger partial charge is 0.214 e. The molecule has 0 aromatic carbocycles. The number of imidazole rings is 1. The summed E-state index contributed by atoms with van der Waals surface area (Å²) in [5, 5.41) is 4.50. The quantitative estimate of drug-likeness (QED) is 0.754. The van der Waals surface area contributed by atoms with E-state index < -0.39 is 0 Å². The molecule has 0 saturated carbocycles. The standard InChI is InChI=1S/C13H17N5OS/c1-5-18-12-11(8(3)16-18)15-13(20)17(12)6-10-14-7(2)9(4)19-10/h5-6H2,1-4H3,(H,15,20). The second kappa shape index (κ2) is 4.59. The molecule has 1 N–H and O–H groups in total. The Balaban J connectivity index is 2.15. The third-order valence-corrected chi connectivity index (χ3v) is 3.82. The van der Waals surface area contributed by atoms with Crippen LogP contribution in [0.5, 0.6) is 0 Å². The zero-order valence-electron chi connectivity index (χ0n) is 12.0. The van der Waals surface area contributed by atoms with Gasteiger partial charge in [0.05, 0.1) is 11.4 Å². The third-order valence-electron chi connectivity index (χ3n) is 3.50. The fraction of sp³-hybridized carbons (Fsp3) is 0.462. The van der Waals surface area contributed by atoms with Gasteiger partial charge in [0.15, 0.2) is 10.4 Å². The first-order valence-corrected chi connectivity index (χ1v) is 7.01. The topological polar surface area (TPSA) is 64.6 Å². The van der Waals surface area contributed by atoms with E-state index in [1.165, 1.54) is 0 Å². The van der Waals surface area contributed by atoms with Crippen molar-refractivity contribution in [2.75, 3.05) is 0 Å². The Morgan fingerprint density at radius 2 is 2.00 bits per heavy atom. The second-order valence-corrected chi connectivity index (χ2v) is 5.25. The molecular weight excluding hydrogens is 274 g/mol. The van der Waals surface area contributed by atoms with Gasteiger partial charge in [0.2, 0.25) is 5.89 Å². The van der Waals surface area contributed by atoms with Crippen LogP contribution in [0.2, 0.25) is 0 Å². The van der Waals surface area contributed by atoms with Crippen molar-refractivity contribution < 1.29 is 4.42 Å². The van der Waals surface area contributed by atoms with Crippen LogP contribution in [0, 0.1) is 25.5 Å². The van der Waals surface area contributed by atoms with Crippen molar-refractivity contribution >= 4 is 23.4 Å². The van der Waals surface area contributed by atoms with E-state index in [4.69, 9.17) is 16.6 Å². The first-order chi connectivity index (χ1) is 9.51. The van der Waals surface area contributed by atoms with Crippen LogP contribution >= 0.6 is 12.2 Å². The van der Waals surface area contributed by atoms with E-state index in [9.17, 15) is 0 Å². The average molecular weight is 291 g/mol. The van der Waals surface area contributed by atoms with Gasteiger partial charge in [0.1, 0.15) is 17.8 Å². The van der Waals surface area contributed by atoms with Crippen molar-refractivity contribution in [2.45, 2.75) is 40.8 Å². The summed E-state index contributed by atoms with van der Waals surface area (Å²) in [6, 6.07) is 0. The van der Waals surface area contributed by atoms with Crippen molar-refractivity contribution in [2.24, 2.45) is 0 Å². The predicted molar refractivity (Wildman–Crippen MR) is 78.4 cm³/mol. The molecule has 3 heterocycles. The number of rotatable bonds is 3. The van der Waals surface area contributed by atoms with Crippen LogP contribution in [-0.2, 0) is 13.1 Å². The molecule has 0 aliphatic heterocycles. The van der Waals surface area contributed by atoms with Gasteiger partial charge in [-0.3, -0.25) is 4.57 Å². The first kappa shape index (κ1) is 13.1. The summed E-state index contributed by atoms with van der Waals surface area (Å²) >= 11 is 5.41. The summed E-state index contributed by atoms with van der Waals surface area (Å²) in [7, 11) is 0. The van der Waals surface area contributed by atoms with Crippen molar-refractivity contribution in [1.82, 2.24) is 24.3 Å². The van der Waals surface area contributed by atoms with Crippen LogP contribution in [-0.4, -0.2) is 24.3 Å². The highest BCUT2D eigenvalue weighted by Gasteiger charge is 2.16. The van der Waals surface area contributed by atoms with Crippen LogP contribution in [0.15, 0.2) is 4.42 Å². The van der Waals surface area contributed by atoms with Crippen molar-refractivity contribution in [3.8, 4) is 0 Å². The number of H-pyrrole nitrogens is 1. The van der Waals surface area contributed by atoms with E-state index in [1.807, 2.05) is 30.0 Å². The molecule has 3 aromatic heterocycles. The Kier molecular flexibility index (Phi) is 3.01. The number of hydrogen-bond donors (Lipinski definition) is 1. The fourth-order valence-electron chi connectivity index (χ4n) is 2.37. The first-order valence-electron chi connectivity index (χ1n) is 6.60. The fourth-order valence-corrected chi connectivity index (χ4v) is 2.62. The molecule has 0 aliphatic rings. The maximum absolute atomic E-state index is 5.65. The Morgan fingerprint density at radius 3 is 2.60 bits per heavy atom. The number of hydrogen-bond acceptors (Lipinski definition) is 4. The Bertz CT molecular complexity index is 816. The molecule has 3 rings (SSSR count). The van der Waals surface area contributed by atoms with Gasteiger partial charge in [-0.1, -0.05) is 0 Å². The number of aryl methyl sites for hydroxylation is 4. The minimum absolute atomic E-state index is 0.513. The van der Waals surface area contributed by atoms with Crippen LogP contribution < -0.4 is 0 Å². The van der Waals surface area contributed by atoms with E-state index in [1.54, 1.807) is 0 Å². The number of fused-ring (bicyclic) bond motifs is 1. The maximum Gasteiger partial charge on any atom is 0.214 e. The molecule has 20 heavy (non-hydrogen) atoms. The summed E-state index contributed by atoms with van der Waals surface area (Å²) in [4.78, 5) is 7.63. The van der Waals surface area contributed by atoms with Gasteiger partial charge in [-0.05, 0) is 39.9 Å². The summed E-state index contributed by atoms with van der Waals surface area (Å²) < 4.78 is 10.2. The minimum atomic E-state index is 0.513. The normalized spacial score (nSPS) is 11.6. The lowest BCUT2D eigenvalue weighted by Crippen LogP contribution is -2.06. The summed E-state index contributed by atoms with van der Waals surface area (Å²) in [5.74, 6) is 1.51. The van der Waals surface area contributed by atoms with Gasteiger partial charge < -0.3 is 9.40 Å². The highest BCUT2D eigenvalue weighted by Crippen LogP contribution is 2.19. The van der Waals surface area contributed by atoms with Gasteiger partial charge >= 0.3 is 0 Å². The molecule has 0 atom stereocenters. The van der Waals surface area contributed by atoms with Crippen molar-refractivity contribution in [3.63, 3.8) is 0 Å². The summed E-state index contributed by atoms with van der Waals surface area (Å²) in [5.41, 5.74) is 3.84. The molecule has 106 valence electrons. The molecule has 6 nitrogen and oxygen atoms in total. The SMILES string of the molecule is CCn1nc(C)c2[nH]c(=S)n(Cc3nc(C)c(C)o3)c21. The lowest BCUT2D eigenvalue weighted by molar-refractivity contribution is 0.456. The molecule has 0 saturated heterocycles. The zero-order valence-corrected chi connectivity index (χ0v) is 12.8. The van der Waals surface area contributed by atoms with E-state index in [-0.39, 0.29) is 0 Å². The monoisotopic (exact) mass is 291 g/mol. The third kappa shape index (κ3) is 1.89. The Hall–Kier alpha value is -1.89. The maximum atomic E-state index is 5.65. The minimum Gasteiger partial charge on any atom is -0.444 e. The van der Waals surface area contributed by atoms with Gasteiger partial charge in [-0.2, -0.15) is 5.10 Å². The second-order valence-electron chi connectivity index (χ2n) is 4.87. The largest absolute Gasteiger partial charge is 0.444 e. The van der Waals surface area contributed by atoms with E-state index >= 15 is 0 Å². The molecule has 0 radical (unpaired) electrons. The number of aromatic amines is 1. The van der Waals surface area contributed by atoms with Gasteiger partial charge in [0, 0.05) is 6.54 Å². The molecule has 3 aromatic rings. The molecule has 0 fully saturated rings. The van der Waals surface area contributed by atoms with Crippen LogP contribution in [0.4, 0.5) is 0 Å². The van der Waals surface area contributed by atoms with E-state index in [0.717, 1.165) is 34.9 Å². The predicted octanol–water partition coefficient (Wildman–Crippen LogP) is 2.88. The molecule has 0 bridgehead atoms. The molecule has 0 aliphatic carbocycles. The molecule has 0 unspecified atom stereocenters. The molecule has 0 spiro atoms. The average Bonchev–Trinajstić information content (AvgIpc) is 2.99. The Labute approximate surface area is 121 Å². The molecular formula is C13H17N5OS. The van der Waals surface area contributed by atoms with Crippen molar-refractivity contribution in [3.05, 3.63) is 27.8 Å². The lowest BCUT2D eigenvalue weighted by Gasteiger charge is -2.03. The van der Waals surface area contributed by atoms with Crippen LogP contribution in [0.1, 0.15) is 30.0 Å². The van der Waals surface area contributed by atoms with Crippen LogP contribution in [0.3, 0.4) is 0 Å². The number of nitrogens with zero attached hydrogens (tertiary/aromatic N) is 4. The Morgan fingerprint density at radius 1 is 1.25 bits per heavy atom. The molecule has 7 heteroatoms. The highest BCUT2D eigenvalue weighted by atomic mass is 32.1. The number of nitrogens with one attached hydrogen (secondary N) is 1. The van der Waals surface area contributed by atoms with E-state index in [0.29, 0.717) is 17.2 Å². The summed E-state index contributed by atoms with van der Waals surface area (Å²) in [6.07, 6.45) is 0. The van der Waals surface area contributed by atoms with Crippen LogP contribution in [0.25, 0.3) is 11.2 Å². The van der Waals surface area contributed by atoms with E-state index in [2.05, 4.69) is 22.0 Å². The summed E-state index contributed by atoms with van der Waals surface area (Å²) in [6.45, 7) is 9.20. The lowest BCUT2D eigenvalue weighted by atomic mass is 10.4. The van der Waals surface area contributed by atoms with Gasteiger partial charge in [0.25, 0.3) is 0 Å². The van der Waals surface area contributed by atoms with Gasteiger partial charge in [-0.15, -0.1) is 0 Å². The van der Waals surface area contributed by atoms with Gasteiger partial charge in [-0.25, -0.2) is 9.67 Å². The number of oxazole rings is 1. The zero-order chi connectivity index (χ0) is 14.4. The number of aromatic nitrogens is 5. The van der Waals surface area contributed by atoms with Crippen molar-refractivity contribution in [1.29, 1.82) is 0 Å². The highest BCUT2D eigenvalue weighted by molar-refractivity contribution is 7.71.